The molecule has 5 nitrogen and oxygen atoms in total. The van der Waals surface area contributed by atoms with E-state index >= 15 is 0 Å². The fourth-order valence-electron chi connectivity index (χ4n) is 6.44. The van der Waals surface area contributed by atoms with E-state index in [1.807, 2.05) is 0 Å². The number of hydrogen-bond acceptors (Lipinski definition) is 3. The van der Waals surface area contributed by atoms with Gasteiger partial charge in [-0.1, -0.05) is 17.7 Å². The Morgan fingerprint density at radius 1 is 0.800 bits per heavy atom. The average molecular weight is 584 g/mol. The van der Waals surface area contributed by atoms with Crippen molar-refractivity contribution in [2.45, 2.75) is 50.7 Å². The van der Waals surface area contributed by atoms with E-state index in [0.717, 1.165) is 61.5 Å². The van der Waals surface area contributed by atoms with Gasteiger partial charge in [0.1, 0.15) is 23.2 Å². The highest BCUT2D eigenvalue weighted by molar-refractivity contribution is 6.34. The molecule has 1 atom stereocenters. The molecule has 2 amide bonds. The summed E-state index contributed by atoms with van der Waals surface area (Å²) in [7, 11) is 0. The molecule has 2 aromatic carbocycles. The molecule has 0 aromatic heterocycles. The van der Waals surface area contributed by atoms with Gasteiger partial charge in [0, 0.05) is 38.4 Å². The zero-order chi connectivity index (χ0) is 28.6. The third-order valence-corrected chi connectivity index (χ3v) is 8.96. The molecule has 216 valence electrons. The molecule has 0 N–H and O–H groups in total. The summed E-state index contributed by atoms with van der Waals surface area (Å²) < 4.78 is 68.1. The van der Waals surface area contributed by atoms with Crippen molar-refractivity contribution in [3.63, 3.8) is 0 Å². The van der Waals surface area contributed by atoms with E-state index in [0.29, 0.717) is 31.3 Å². The van der Waals surface area contributed by atoms with Crippen molar-refractivity contribution in [3.8, 4) is 0 Å². The standard InChI is InChI=1S/C29H31ClF5N3O2/c30-22-17-20(6-7-21(22)27(39)38-12-2-5-25(38)29(33,34)35)36-13-8-18(9-14-36)19-10-15-37(16-11-19)28(40)26-23(31)3-1-4-24(26)32/h1,3-4,6-7,17-19,25H,2,5,8-16H2. The van der Waals surface area contributed by atoms with Crippen molar-refractivity contribution in [3.05, 3.63) is 64.2 Å². The van der Waals surface area contributed by atoms with Crippen LogP contribution in [0.25, 0.3) is 0 Å². The molecule has 11 heteroatoms. The van der Waals surface area contributed by atoms with E-state index < -0.39 is 41.2 Å². The first-order chi connectivity index (χ1) is 19.0. The van der Waals surface area contributed by atoms with Crippen LogP contribution < -0.4 is 4.90 Å². The number of anilines is 1. The van der Waals surface area contributed by atoms with Gasteiger partial charge in [0.25, 0.3) is 11.8 Å². The maximum absolute atomic E-state index is 14.1. The molecule has 5 rings (SSSR count). The van der Waals surface area contributed by atoms with Crippen molar-refractivity contribution >= 4 is 29.1 Å². The smallest absolute Gasteiger partial charge is 0.371 e. The van der Waals surface area contributed by atoms with Crippen LogP contribution in [0.5, 0.6) is 0 Å². The van der Waals surface area contributed by atoms with Gasteiger partial charge in [-0.15, -0.1) is 0 Å². The Bertz CT molecular complexity index is 1240. The van der Waals surface area contributed by atoms with Gasteiger partial charge in [0.2, 0.25) is 0 Å². The molecule has 40 heavy (non-hydrogen) atoms. The van der Waals surface area contributed by atoms with Crippen molar-refractivity contribution in [1.82, 2.24) is 9.80 Å². The van der Waals surface area contributed by atoms with Gasteiger partial charge in [0.05, 0.1) is 10.6 Å². The van der Waals surface area contributed by atoms with Crippen LogP contribution in [0.1, 0.15) is 59.2 Å². The zero-order valence-corrected chi connectivity index (χ0v) is 22.7. The quantitative estimate of drug-likeness (QED) is 0.383. The summed E-state index contributed by atoms with van der Waals surface area (Å²) in [5.41, 5.74) is 0.399. The van der Waals surface area contributed by atoms with Gasteiger partial charge in [-0.05, 0) is 80.7 Å². The SMILES string of the molecule is O=C(c1c(F)cccc1F)N1CCC(C2CCN(c3ccc(C(=O)N4CCCC4C(F)(F)F)c(Cl)c3)CC2)CC1. The van der Waals surface area contributed by atoms with Crippen molar-refractivity contribution in [2.24, 2.45) is 11.8 Å². The summed E-state index contributed by atoms with van der Waals surface area (Å²) in [6, 6.07) is 6.55. The highest BCUT2D eigenvalue weighted by Gasteiger charge is 2.48. The Hall–Kier alpha value is -2.88. The van der Waals surface area contributed by atoms with Crippen LogP contribution in [-0.4, -0.2) is 66.6 Å². The minimum absolute atomic E-state index is 0.0573. The van der Waals surface area contributed by atoms with Crippen LogP contribution in [0.2, 0.25) is 5.02 Å². The van der Waals surface area contributed by atoms with E-state index in [2.05, 4.69) is 4.90 Å². The third-order valence-electron chi connectivity index (χ3n) is 8.65. The Morgan fingerprint density at radius 2 is 1.40 bits per heavy atom. The summed E-state index contributed by atoms with van der Waals surface area (Å²) in [4.78, 5) is 30.1. The van der Waals surface area contributed by atoms with Gasteiger partial charge in [-0.3, -0.25) is 9.59 Å². The predicted molar refractivity (Wildman–Crippen MR) is 141 cm³/mol. The predicted octanol–water partition coefficient (Wildman–Crippen LogP) is 6.55. The van der Waals surface area contributed by atoms with Crippen LogP contribution in [-0.2, 0) is 0 Å². The number of piperidine rings is 2. The largest absolute Gasteiger partial charge is 0.408 e. The molecule has 0 bridgehead atoms. The fourth-order valence-corrected chi connectivity index (χ4v) is 6.70. The second-order valence-electron chi connectivity index (χ2n) is 10.9. The molecule has 3 fully saturated rings. The van der Waals surface area contributed by atoms with E-state index in [1.165, 1.54) is 17.0 Å². The molecule has 1 unspecified atom stereocenters. The number of rotatable bonds is 4. The summed E-state index contributed by atoms with van der Waals surface area (Å²) in [6.45, 7) is 2.48. The van der Waals surface area contributed by atoms with Crippen LogP contribution >= 0.6 is 11.6 Å². The van der Waals surface area contributed by atoms with E-state index in [1.54, 1.807) is 12.1 Å². The lowest BCUT2D eigenvalue weighted by atomic mass is 9.78. The lowest BCUT2D eigenvalue weighted by Crippen LogP contribution is -2.44. The number of likely N-dealkylation sites (tertiary alicyclic amines) is 2. The summed E-state index contributed by atoms with van der Waals surface area (Å²) in [6.07, 6.45) is -0.888. The molecule has 3 aliphatic rings. The molecule has 0 radical (unpaired) electrons. The van der Waals surface area contributed by atoms with Crippen LogP contribution in [0.15, 0.2) is 36.4 Å². The van der Waals surface area contributed by atoms with Gasteiger partial charge in [-0.2, -0.15) is 13.2 Å². The number of carbonyl (C=O) groups excluding carboxylic acids is 2. The lowest BCUT2D eigenvalue weighted by Gasteiger charge is -2.41. The lowest BCUT2D eigenvalue weighted by molar-refractivity contribution is -0.169. The molecular weight excluding hydrogens is 553 g/mol. The zero-order valence-electron chi connectivity index (χ0n) is 21.9. The first kappa shape index (κ1) is 28.6. The minimum atomic E-state index is -4.47. The number of benzene rings is 2. The Balaban J connectivity index is 1.15. The molecule has 0 spiro atoms. The number of nitrogens with zero attached hydrogens (tertiary/aromatic N) is 3. The van der Waals surface area contributed by atoms with E-state index in [9.17, 15) is 31.5 Å². The topological polar surface area (TPSA) is 43.9 Å². The first-order valence-corrected chi connectivity index (χ1v) is 14.1. The molecular formula is C29H31ClF5N3O2. The molecule has 0 aliphatic carbocycles. The Labute approximate surface area is 234 Å². The van der Waals surface area contributed by atoms with E-state index in [-0.39, 0.29) is 23.6 Å². The Kier molecular flexibility index (Phi) is 8.27. The second kappa shape index (κ2) is 11.5. The minimum Gasteiger partial charge on any atom is -0.371 e. The van der Waals surface area contributed by atoms with Gasteiger partial charge < -0.3 is 14.7 Å². The van der Waals surface area contributed by atoms with Crippen LogP contribution in [0, 0.1) is 23.5 Å². The van der Waals surface area contributed by atoms with Crippen LogP contribution in [0.4, 0.5) is 27.6 Å². The van der Waals surface area contributed by atoms with Gasteiger partial charge in [0.15, 0.2) is 0 Å². The molecule has 3 aliphatic heterocycles. The summed E-state index contributed by atoms with van der Waals surface area (Å²) in [5.74, 6) is -2.15. The number of carbonyl (C=O) groups is 2. The normalized spacial score (nSPS) is 21.2. The third kappa shape index (κ3) is 5.78. The number of alkyl halides is 3. The molecule has 2 aromatic rings. The average Bonchev–Trinajstić information content (AvgIpc) is 3.44. The Morgan fingerprint density at radius 3 is 1.98 bits per heavy atom. The highest BCUT2D eigenvalue weighted by atomic mass is 35.5. The molecule has 0 saturated carbocycles. The van der Waals surface area contributed by atoms with E-state index in [4.69, 9.17) is 11.6 Å². The number of amides is 2. The van der Waals surface area contributed by atoms with Gasteiger partial charge in [-0.25, -0.2) is 8.78 Å². The highest BCUT2D eigenvalue weighted by Crippen LogP contribution is 2.37. The molecule has 3 heterocycles. The van der Waals surface area contributed by atoms with Gasteiger partial charge >= 0.3 is 6.18 Å². The summed E-state index contributed by atoms with van der Waals surface area (Å²) in [5, 5.41) is 0.140. The maximum Gasteiger partial charge on any atom is 0.408 e. The number of hydrogen-bond donors (Lipinski definition) is 0. The van der Waals surface area contributed by atoms with Crippen molar-refractivity contribution < 1.29 is 31.5 Å². The maximum atomic E-state index is 14.1. The van der Waals surface area contributed by atoms with Crippen molar-refractivity contribution in [2.75, 3.05) is 37.6 Å². The summed E-state index contributed by atoms with van der Waals surface area (Å²) >= 11 is 6.40. The van der Waals surface area contributed by atoms with Crippen molar-refractivity contribution in [1.29, 1.82) is 0 Å². The van der Waals surface area contributed by atoms with Crippen LogP contribution in [0.3, 0.4) is 0 Å². The monoisotopic (exact) mass is 583 g/mol. The first-order valence-electron chi connectivity index (χ1n) is 13.7. The fraction of sp³-hybridized carbons (Fsp3) is 0.517. The molecule has 3 saturated heterocycles. The second-order valence-corrected chi connectivity index (χ2v) is 11.3. The number of halogens is 6.